The van der Waals surface area contributed by atoms with E-state index in [-0.39, 0.29) is 11.6 Å². The first-order chi connectivity index (χ1) is 9.22. The molecule has 4 heteroatoms. The second kappa shape index (κ2) is 5.19. The van der Waals surface area contributed by atoms with E-state index in [0.29, 0.717) is 6.61 Å². The van der Waals surface area contributed by atoms with E-state index in [1.165, 1.54) is 6.07 Å². The van der Waals surface area contributed by atoms with Crippen molar-refractivity contribution in [3.8, 4) is 5.75 Å². The van der Waals surface area contributed by atoms with Crippen molar-refractivity contribution in [2.45, 2.75) is 6.61 Å². The van der Waals surface area contributed by atoms with Gasteiger partial charge in [-0.1, -0.05) is 29.8 Å². The molecule has 0 unspecified atom stereocenters. The third-order valence-electron chi connectivity index (χ3n) is 2.74. The Kier molecular flexibility index (Phi) is 3.40. The normalized spacial score (nSPS) is 10.8. The van der Waals surface area contributed by atoms with Gasteiger partial charge in [-0.05, 0) is 35.7 Å². The van der Waals surface area contributed by atoms with Crippen molar-refractivity contribution in [3.05, 3.63) is 64.2 Å². The second-order valence-corrected chi connectivity index (χ2v) is 5.72. The van der Waals surface area contributed by atoms with E-state index in [9.17, 15) is 4.39 Å². The van der Waals surface area contributed by atoms with Crippen molar-refractivity contribution in [1.29, 1.82) is 0 Å². The van der Waals surface area contributed by atoms with E-state index in [0.717, 1.165) is 20.0 Å². The average molecular weight is 293 g/mol. The Morgan fingerprint density at radius 3 is 2.79 bits per heavy atom. The van der Waals surface area contributed by atoms with Crippen LogP contribution in [0.4, 0.5) is 4.39 Å². The number of halogens is 2. The average Bonchev–Trinajstić information content (AvgIpc) is 2.79. The third kappa shape index (κ3) is 2.72. The lowest BCUT2D eigenvalue weighted by Gasteiger charge is -2.04. The Balaban J connectivity index is 1.80. The van der Waals surface area contributed by atoms with E-state index < -0.39 is 0 Å². The number of hydrogen-bond acceptors (Lipinski definition) is 2. The summed E-state index contributed by atoms with van der Waals surface area (Å²) < 4.78 is 20.0. The predicted molar refractivity (Wildman–Crippen MR) is 77.6 cm³/mol. The molecule has 2 aromatic carbocycles. The molecular weight excluding hydrogens is 283 g/mol. The minimum atomic E-state index is -0.341. The molecule has 0 aliphatic heterocycles. The molecule has 0 saturated heterocycles. The van der Waals surface area contributed by atoms with Crippen LogP contribution in [0.3, 0.4) is 0 Å². The first-order valence-electron chi connectivity index (χ1n) is 5.78. The number of rotatable bonds is 3. The highest BCUT2D eigenvalue weighted by molar-refractivity contribution is 7.19. The highest BCUT2D eigenvalue weighted by atomic mass is 35.5. The zero-order chi connectivity index (χ0) is 13.2. The quantitative estimate of drug-likeness (QED) is 0.639. The van der Waals surface area contributed by atoms with Crippen LogP contribution >= 0.6 is 22.9 Å². The Hall–Kier alpha value is -1.58. The summed E-state index contributed by atoms with van der Waals surface area (Å²) in [6, 6.07) is 14.2. The van der Waals surface area contributed by atoms with Gasteiger partial charge in [0.25, 0.3) is 0 Å². The molecule has 0 spiro atoms. The zero-order valence-electron chi connectivity index (χ0n) is 9.90. The van der Waals surface area contributed by atoms with Gasteiger partial charge in [0.05, 0.1) is 0 Å². The fourth-order valence-electron chi connectivity index (χ4n) is 1.84. The molecule has 3 aromatic rings. The Morgan fingerprint density at radius 1 is 1.11 bits per heavy atom. The monoisotopic (exact) mass is 292 g/mol. The molecule has 96 valence electrons. The predicted octanol–water partition coefficient (Wildman–Crippen LogP) is 5.27. The fraction of sp³-hybridized carbons (Fsp3) is 0.0667. The molecule has 0 N–H and O–H groups in total. The van der Waals surface area contributed by atoms with Gasteiger partial charge in [-0.2, -0.15) is 0 Å². The lowest BCUT2D eigenvalue weighted by Crippen LogP contribution is -1.94. The number of ether oxygens (including phenoxy) is 1. The van der Waals surface area contributed by atoms with Crippen LogP contribution in [-0.2, 0) is 6.61 Å². The summed E-state index contributed by atoms with van der Waals surface area (Å²) in [6.07, 6.45) is 0. The van der Waals surface area contributed by atoms with Crippen LogP contribution in [0.15, 0.2) is 48.5 Å². The summed E-state index contributed by atoms with van der Waals surface area (Å²) in [6.45, 7) is 0.359. The first kappa shape index (κ1) is 12.5. The summed E-state index contributed by atoms with van der Waals surface area (Å²) in [5.74, 6) is -0.0651. The van der Waals surface area contributed by atoms with Crippen molar-refractivity contribution in [3.63, 3.8) is 0 Å². The van der Waals surface area contributed by atoms with Crippen LogP contribution in [-0.4, -0.2) is 0 Å². The summed E-state index contributed by atoms with van der Waals surface area (Å²) >= 11 is 7.55. The molecule has 19 heavy (non-hydrogen) atoms. The zero-order valence-corrected chi connectivity index (χ0v) is 11.5. The number of hydrogen-bond donors (Lipinski definition) is 0. The second-order valence-electron chi connectivity index (χ2n) is 4.11. The number of benzene rings is 2. The Morgan fingerprint density at radius 2 is 1.95 bits per heavy atom. The minimum Gasteiger partial charge on any atom is -0.485 e. The van der Waals surface area contributed by atoms with E-state index in [1.807, 2.05) is 24.3 Å². The molecule has 1 aromatic heterocycles. The largest absolute Gasteiger partial charge is 0.485 e. The summed E-state index contributed by atoms with van der Waals surface area (Å²) in [4.78, 5) is 1.04. The van der Waals surface area contributed by atoms with Gasteiger partial charge in [-0.3, -0.25) is 0 Å². The number of para-hydroxylation sites is 1. The van der Waals surface area contributed by atoms with Gasteiger partial charge in [0, 0.05) is 14.6 Å². The molecule has 0 radical (unpaired) electrons. The van der Waals surface area contributed by atoms with Crippen LogP contribution in [0.1, 0.15) is 4.88 Å². The molecule has 0 amide bonds. The molecule has 0 aliphatic rings. The van der Waals surface area contributed by atoms with E-state index in [2.05, 4.69) is 0 Å². The van der Waals surface area contributed by atoms with Crippen LogP contribution in [0, 0.1) is 5.82 Å². The van der Waals surface area contributed by atoms with Crippen molar-refractivity contribution in [2.75, 3.05) is 0 Å². The topological polar surface area (TPSA) is 9.23 Å². The molecule has 0 aliphatic carbocycles. The summed E-state index contributed by atoms with van der Waals surface area (Å²) in [5, 5.41) is 1.84. The lowest BCUT2D eigenvalue weighted by atomic mass is 10.2. The number of fused-ring (bicyclic) bond motifs is 1. The van der Waals surface area contributed by atoms with E-state index in [1.54, 1.807) is 29.5 Å². The van der Waals surface area contributed by atoms with Gasteiger partial charge in [0.2, 0.25) is 0 Å². The van der Waals surface area contributed by atoms with E-state index in [4.69, 9.17) is 16.3 Å². The molecule has 1 heterocycles. The molecule has 0 saturated carbocycles. The molecule has 0 fully saturated rings. The van der Waals surface area contributed by atoms with Gasteiger partial charge in [0.15, 0.2) is 11.6 Å². The van der Waals surface area contributed by atoms with Crippen LogP contribution in [0.25, 0.3) is 10.1 Å². The van der Waals surface area contributed by atoms with Gasteiger partial charge in [-0.25, -0.2) is 4.39 Å². The summed E-state index contributed by atoms with van der Waals surface area (Å²) in [5.41, 5.74) is 0. The fourth-order valence-corrected chi connectivity index (χ4v) is 3.10. The standard InChI is InChI=1S/C15H10ClFOS/c16-11-6-5-10-7-12(19-15(10)8-11)9-18-14-4-2-1-3-13(14)17/h1-8H,9H2. The Labute approximate surface area is 119 Å². The highest BCUT2D eigenvalue weighted by Gasteiger charge is 2.05. The smallest absolute Gasteiger partial charge is 0.165 e. The SMILES string of the molecule is Fc1ccccc1OCc1cc2ccc(Cl)cc2s1. The van der Waals surface area contributed by atoms with Gasteiger partial charge in [-0.15, -0.1) is 11.3 Å². The maximum atomic E-state index is 13.4. The molecule has 0 bridgehead atoms. The highest BCUT2D eigenvalue weighted by Crippen LogP contribution is 2.29. The molecule has 0 atom stereocenters. The lowest BCUT2D eigenvalue weighted by molar-refractivity contribution is 0.293. The first-order valence-corrected chi connectivity index (χ1v) is 6.97. The van der Waals surface area contributed by atoms with Gasteiger partial charge >= 0.3 is 0 Å². The third-order valence-corrected chi connectivity index (χ3v) is 4.05. The van der Waals surface area contributed by atoms with Crippen LogP contribution in [0.2, 0.25) is 5.02 Å². The van der Waals surface area contributed by atoms with Crippen molar-refractivity contribution >= 4 is 33.0 Å². The maximum Gasteiger partial charge on any atom is 0.165 e. The number of thiophene rings is 1. The maximum absolute atomic E-state index is 13.4. The minimum absolute atomic E-state index is 0.276. The van der Waals surface area contributed by atoms with Gasteiger partial charge in [0.1, 0.15) is 6.61 Å². The van der Waals surface area contributed by atoms with Crippen LogP contribution in [0.5, 0.6) is 5.75 Å². The van der Waals surface area contributed by atoms with Crippen molar-refractivity contribution in [1.82, 2.24) is 0 Å². The molecular formula is C15H10ClFOS. The van der Waals surface area contributed by atoms with Crippen molar-refractivity contribution < 1.29 is 9.13 Å². The molecule has 1 nitrogen and oxygen atoms in total. The Bertz CT molecular complexity index is 723. The molecule has 3 rings (SSSR count). The van der Waals surface area contributed by atoms with Gasteiger partial charge < -0.3 is 4.74 Å². The van der Waals surface area contributed by atoms with Crippen LogP contribution < -0.4 is 4.74 Å². The van der Waals surface area contributed by atoms with Crippen molar-refractivity contribution in [2.24, 2.45) is 0 Å². The van der Waals surface area contributed by atoms with E-state index >= 15 is 0 Å². The summed E-state index contributed by atoms with van der Waals surface area (Å²) in [7, 11) is 0.